The molecule has 0 saturated carbocycles. The van der Waals surface area contributed by atoms with Crippen molar-refractivity contribution in [1.82, 2.24) is 9.80 Å². The van der Waals surface area contributed by atoms with Crippen molar-refractivity contribution in [2.75, 3.05) is 33.0 Å². The molecule has 2 aliphatic heterocycles. The Kier molecular flexibility index (Phi) is 4.50. The third-order valence-corrected chi connectivity index (χ3v) is 4.06. The number of ether oxygens (including phenoxy) is 3. The standard InChI is InChI=1S/C15H18N2O7/c18-14(19)16-4-5-17(15(20)21)10(8-16)3-6-22-11-1-2-12-13(7-11)24-9-23-12/h1-2,7,10H,3-6,8-9H2,(H,18,19)(H,20,21)/t10-/m1/s1. The average molecular weight is 338 g/mol. The number of benzene rings is 1. The summed E-state index contributed by atoms with van der Waals surface area (Å²) >= 11 is 0. The zero-order valence-corrected chi connectivity index (χ0v) is 12.9. The van der Waals surface area contributed by atoms with Crippen LogP contribution in [0.25, 0.3) is 0 Å². The molecule has 130 valence electrons. The monoisotopic (exact) mass is 338 g/mol. The van der Waals surface area contributed by atoms with Gasteiger partial charge in [0.05, 0.1) is 12.6 Å². The number of carboxylic acid groups (broad SMARTS) is 2. The van der Waals surface area contributed by atoms with E-state index in [0.717, 1.165) is 0 Å². The van der Waals surface area contributed by atoms with Crippen LogP contribution in [0.1, 0.15) is 6.42 Å². The van der Waals surface area contributed by atoms with Crippen LogP contribution >= 0.6 is 0 Å². The third kappa shape index (κ3) is 3.39. The first-order valence-corrected chi connectivity index (χ1v) is 7.54. The van der Waals surface area contributed by atoms with E-state index in [4.69, 9.17) is 19.3 Å². The number of hydrogen-bond acceptors (Lipinski definition) is 5. The van der Waals surface area contributed by atoms with Gasteiger partial charge in [0, 0.05) is 32.1 Å². The van der Waals surface area contributed by atoms with Crippen LogP contribution in [0, 0.1) is 0 Å². The van der Waals surface area contributed by atoms with Crippen LogP contribution in [0.2, 0.25) is 0 Å². The van der Waals surface area contributed by atoms with Gasteiger partial charge in [0.2, 0.25) is 6.79 Å². The summed E-state index contributed by atoms with van der Waals surface area (Å²) in [5.41, 5.74) is 0. The Morgan fingerprint density at radius 3 is 2.71 bits per heavy atom. The van der Waals surface area contributed by atoms with Crippen LogP contribution < -0.4 is 14.2 Å². The van der Waals surface area contributed by atoms with Crippen molar-refractivity contribution >= 4 is 12.2 Å². The molecule has 0 aliphatic carbocycles. The molecule has 2 N–H and O–H groups in total. The van der Waals surface area contributed by atoms with Crippen LogP contribution in [-0.2, 0) is 0 Å². The molecule has 9 nitrogen and oxygen atoms in total. The van der Waals surface area contributed by atoms with E-state index >= 15 is 0 Å². The van der Waals surface area contributed by atoms with E-state index in [1.807, 2.05) is 0 Å². The SMILES string of the molecule is O=C(O)N1CCN(C(=O)O)[C@H](CCOc2ccc3c(c2)OCO3)C1. The number of carbonyl (C=O) groups is 2. The molecule has 1 saturated heterocycles. The Morgan fingerprint density at radius 1 is 1.17 bits per heavy atom. The van der Waals surface area contributed by atoms with E-state index in [2.05, 4.69) is 0 Å². The van der Waals surface area contributed by atoms with Crippen LogP contribution in [0.5, 0.6) is 17.2 Å². The predicted octanol–water partition coefficient (Wildman–Crippen LogP) is 1.53. The number of nitrogens with zero attached hydrogens (tertiary/aromatic N) is 2. The molecular formula is C15H18N2O7. The summed E-state index contributed by atoms with van der Waals surface area (Å²) in [7, 11) is 0. The highest BCUT2D eigenvalue weighted by Gasteiger charge is 2.32. The minimum absolute atomic E-state index is 0.145. The van der Waals surface area contributed by atoms with Gasteiger partial charge < -0.3 is 34.2 Å². The summed E-state index contributed by atoms with van der Waals surface area (Å²) in [5.74, 6) is 1.85. The lowest BCUT2D eigenvalue weighted by atomic mass is 10.1. The van der Waals surface area contributed by atoms with E-state index in [9.17, 15) is 14.7 Å². The fourth-order valence-corrected chi connectivity index (χ4v) is 2.81. The van der Waals surface area contributed by atoms with E-state index in [-0.39, 0.29) is 33.0 Å². The number of fused-ring (bicyclic) bond motifs is 1. The number of piperazine rings is 1. The Balaban J connectivity index is 1.56. The Bertz CT molecular complexity index is 636. The fraction of sp³-hybridized carbons (Fsp3) is 0.467. The zero-order chi connectivity index (χ0) is 17.1. The Labute approximate surface area is 137 Å². The van der Waals surface area contributed by atoms with Gasteiger partial charge in [-0.3, -0.25) is 0 Å². The second kappa shape index (κ2) is 6.73. The van der Waals surface area contributed by atoms with Crippen molar-refractivity contribution < 1.29 is 34.0 Å². The molecule has 1 aromatic carbocycles. The molecule has 2 aliphatic rings. The highest BCUT2D eigenvalue weighted by molar-refractivity contribution is 5.68. The first kappa shape index (κ1) is 16.0. The highest BCUT2D eigenvalue weighted by Crippen LogP contribution is 2.35. The quantitative estimate of drug-likeness (QED) is 0.857. The summed E-state index contributed by atoms with van der Waals surface area (Å²) in [4.78, 5) is 24.9. The van der Waals surface area contributed by atoms with E-state index in [1.54, 1.807) is 18.2 Å². The van der Waals surface area contributed by atoms with Gasteiger partial charge in [-0.1, -0.05) is 0 Å². The van der Waals surface area contributed by atoms with Gasteiger partial charge in [-0.05, 0) is 12.1 Å². The molecule has 1 atom stereocenters. The van der Waals surface area contributed by atoms with Crippen molar-refractivity contribution in [2.24, 2.45) is 0 Å². The topological polar surface area (TPSA) is 109 Å². The number of rotatable bonds is 4. The van der Waals surface area contributed by atoms with E-state index in [1.165, 1.54) is 9.80 Å². The molecule has 3 rings (SSSR count). The summed E-state index contributed by atoms with van der Waals surface area (Å²) < 4.78 is 16.1. The van der Waals surface area contributed by atoms with Gasteiger partial charge in [0.25, 0.3) is 0 Å². The second-order valence-corrected chi connectivity index (χ2v) is 5.51. The van der Waals surface area contributed by atoms with Crippen molar-refractivity contribution in [3.05, 3.63) is 18.2 Å². The maximum Gasteiger partial charge on any atom is 0.407 e. The maximum atomic E-state index is 11.3. The Hall–Kier alpha value is -2.84. The van der Waals surface area contributed by atoms with E-state index in [0.29, 0.717) is 23.7 Å². The largest absolute Gasteiger partial charge is 0.493 e. The van der Waals surface area contributed by atoms with Crippen LogP contribution in [0.4, 0.5) is 9.59 Å². The summed E-state index contributed by atoms with van der Waals surface area (Å²) in [5, 5.41) is 18.3. The number of hydrogen-bond donors (Lipinski definition) is 2. The minimum Gasteiger partial charge on any atom is -0.493 e. The molecule has 1 fully saturated rings. The van der Waals surface area contributed by atoms with Crippen molar-refractivity contribution in [1.29, 1.82) is 0 Å². The third-order valence-electron chi connectivity index (χ3n) is 4.06. The summed E-state index contributed by atoms with van der Waals surface area (Å²) in [6.07, 6.45) is -1.69. The van der Waals surface area contributed by atoms with Gasteiger partial charge in [0.15, 0.2) is 11.5 Å². The van der Waals surface area contributed by atoms with Crippen molar-refractivity contribution in [2.45, 2.75) is 12.5 Å². The van der Waals surface area contributed by atoms with Crippen LogP contribution in [0.15, 0.2) is 18.2 Å². The molecule has 2 amide bonds. The van der Waals surface area contributed by atoms with Crippen molar-refractivity contribution in [3.8, 4) is 17.2 Å². The van der Waals surface area contributed by atoms with Crippen LogP contribution in [-0.4, -0.2) is 71.3 Å². The smallest absolute Gasteiger partial charge is 0.407 e. The fourth-order valence-electron chi connectivity index (χ4n) is 2.81. The van der Waals surface area contributed by atoms with Gasteiger partial charge in [0.1, 0.15) is 5.75 Å². The van der Waals surface area contributed by atoms with Crippen LogP contribution in [0.3, 0.4) is 0 Å². The van der Waals surface area contributed by atoms with Gasteiger partial charge in [-0.25, -0.2) is 9.59 Å². The minimum atomic E-state index is -1.05. The molecule has 0 aromatic heterocycles. The lowest BCUT2D eigenvalue weighted by molar-refractivity contribution is 0.0562. The highest BCUT2D eigenvalue weighted by atomic mass is 16.7. The Morgan fingerprint density at radius 2 is 1.96 bits per heavy atom. The molecule has 0 unspecified atom stereocenters. The molecule has 1 aromatic rings. The second-order valence-electron chi connectivity index (χ2n) is 5.51. The summed E-state index contributed by atoms with van der Waals surface area (Å²) in [6.45, 7) is 0.935. The molecule has 24 heavy (non-hydrogen) atoms. The molecule has 2 heterocycles. The lowest BCUT2D eigenvalue weighted by Crippen LogP contribution is -2.56. The molecular weight excluding hydrogens is 320 g/mol. The van der Waals surface area contributed by atoms with Gasteiger partial charge >= 0.3 is 12.2 Å². The lowest BCUT2D eigenvalue weighted by Gasteiger charge is -2.38. The maximum absolute atomic E-state index is 11.3. The zero-order valence-electron chi connectivity index (χ0n) is 12.9. The normalized spacial score (nSPS) is 19.2. The van der Waals surface area contributed by atoms with Gasteiger partial charge in [-0.2, -0.15) is 0 Å². The average Bonchev–Trinajstić information content (AvgIpc) is 3.02. The molecule has 0 radical (unpaired) electrons. The first-order valence-electron chi connectivity index (χ1n) is 7.54. The first-order chi connectivity index (χ1) is 11.5. The summed E-state index contributed by atoms with van der Waals surface area (Å²) in [6, 6.07) is 4.77. The number of amides is 2. The molecule has 0 spiro atoms. The predicted molar refractivity (Wildman–Crippen MR) is 80.8 cm³/mol. The van der Waals surface area contributed by atoms with E-state index < -0.39 is 18.2 Å². The molecule has 0 bridgehead atoms. The van der Waals surface area contributed by atoms with Crippen molar-refractivity contribution in [3.63, 3.8) is 0 Å². The van der Waals surface area contributed by atoms with Gasteiger partial charge in [-0.15, -0.1) is 0 Å². The molecule has 9 heteroatoms.